The standard InChI is InChI=1S/C20H20ClN3OS/c1-12-7-4-5-10-16(12)22-19(25)17-13(2)24(3)20(26)23-18(17)14-8-6-9-15(21)11-14/h4-11,18H,1-3H3,(H,22,25)(H,23,26). The predicted molar refractivity (Wildman–Crippen MR) is 110 cm³/mol. The lowest BCUT2D eigenvalue weighted by molar-refractivity contribution is -0.113. The van der Waals surface area contributed by atoms with Crippen molar-refractivity contribution in [2.24, 2.45) is 0 Å². The van der Waals surface area contributed by atoms with E-state index in [0.717, 1.165) is 22.5 Å². The van der Waals surface area contributed by atoms with Crippen LogP contribution in [0.1, 0.15) is 24.1 Å². The van der Waals surface area contributed by atoms with Crippen molar-refractivity contribution in [1.29, 1.82) is 0 Å². The molecular weight excluding hydrogens is 366 g/mol. The molecule has 1 amide bonds. The van der Waals surface area contributed by atoms with Crippen molar-refractivity contribution in [1.82, 2.24) is 10.2 Å². The molecule has 6 heteroatoms. The van der Waals surface area contributed by atoms with Gasteiger partial charge in [0.25, 0.3) is 5.91 Å². The summed E-state index contributed by atoms with van der Waals surface area (Å²) < 4.78 is 0. The highest BCUT2D eigenvalue weighted by molar-refractivity contribution is 7.80. The molecule has 134 valence electrons. The van der Waals surface area contributed by atoms with Gasteiger partial charge < -0.3 is 15.5 Å². The largest absolute Gasteiger partial charge is 0.351 e. The number of para-hydroxylation sites is 1. The summed E-state index contributed by atoms with van der Waals surface area (Å²) in [4.78, 5) is 14.9. The van der Waals surface area contributed by atoms with Crippen molar-refractivity contribution < 1.29 is 4.79 Å². The van der Waals surface area contributed by atoms with Gasteiger partial charge in [0, 0.05) is 23.5 Å². The van der Waals surface area contributed by atoms with Gasteiger partial charge in [0.15, 0.2) is 5.11 Å². The molecule has 1 unspecified atom stereocenters. The van der Waals surface area contributed by atoms with Gasteiger partial charge in [-0.15, -0.1) is 0 Å². The van der Waals surface area contributed by atoms with Crippen molar-refractivity contribution in [3.8, 4) is 0 Å². The summed E-state index contributed by atoms with van der Waals surface area (Å²) in [6, 6.07) is 14.8. The van der Waals surface area contributed by atoms with Crippen molar-refractivity contribution in [3.63, 3.8) is 0 Å². The summed E-state index contributed by atoms with van der Waals surface area (Å²) >= 11 is 11.6. The molecule has 1 aliphatic rings. The zero-order valence-electron chi connectivity index (χ0n) is 14.8. The van der Waals surface area contributed by atoms with E-state index in [1.807, 2.05) is 74.3 Å². The minimum Gasteiger partial charge on any atom is -0.351 e. The fraction of sp³-hybridized carbons (Fsp3) is 0.200. The lowest BCUT2D eigenvalue weighted by Crippen LogP contribution is -2.46. The highest BCUT2D eigenvalue weighted by Gasteiger charge is 2.32. The van der Waals surface area contributed by atoms with E-state index in [9.17, 15) is 4.79 Å². The van der Waals surface area contributed by atoms with E-state index in [1.165, 1.54) is 0 Å². The number of aryl methyl sites for hydroxylation is 1. The van der Waals surface area contributed by atoms with Gasteiger partial charge in [-0.3, -0.25) is 4.79 Å². The van der Waals surface area contributed by atoms with E-state index in [2.05, 4.69) is 10.6 Å². The summed E-state index contributed by atoms with van der Waals surface area (Å²) in [6.07, 6.45) is 0. The zero-order chi connectivity index (χ0) is 18.8. The smallest absolute Gasteiger partial charge is 0.255 e. The number of anilines is 1. The second-order valence-electron chi connectivity index (χ2n) is 6.26. The number of benzene rings is 2. The first-order valence-electron chi connectivity index (χ1n) is 8.26. The highest BCUT2D eigenvalue weighted by Crippen LogP contribution is 2.32. The maximum absolute atomic E-state index is 13.1. The van der Waals surface area contributed by atoms with Crippen molar-refractivity contribution in [2.45, 2.75) is 19.9 Å². The second-order valence-corrected chi connectivity index (χ2v) is 7.09. The minimum absolute atomic E-state index is 0.163. The molecule has 1 atom stereocenters. The van der Waals surface area contributed by atoms with E-state index in [1.54, 1.807) is 0 Å². The third-order valence-corrected chi connectivity index (χ3v) is 5.20. The summed E-state index contributed by atoms with van der Waals surface area (Å²) in [6.45, 7) is 3.86. The Morgan fingerprint density at radius 3 is 2.62 bits per heavy atom. The molecule has 0 radical (unpaired) electrons. The average molecular weight is 386 g/mol. The SMILES string of the molecule is CC1=C(C(=O)Nc2ccccc2C)C(c2cccc(Cl)c2)NC(=S)N1C. The van der Waals surface area contributed by atoms with Gasteiger partial charge in [0.2, 0.25) is 0 Å². The van der Waals surface area contributed by atoms with Crippen LogP contribution in [0.3, 0.4) is 0 Å². The molecule has 2 N–H and O–H groups in total. The Morgan fingerprint density at radius 2 is 1.92 bits per heavy atom. The van der Waals surface area contributed by atoms with Gasteiger partial charge >= 0.3 is 0 Å². The molecule has 0 aliphatic carbocycles. The first-order valence-corrected chi connectivity index (χ1v) is 9.04. The van der Waals surface area contributed by atoms with Gasteiger partial charge in [0.1, 0.15) is 0 Å². The molecule has 2 aromatic rings. The number of nitrogens with one attached hydrogen (secondary N) is 2. The molecule has 1 heterocycles. The maximum Gasteiger partial charge on any atom is 0.255 e. The molecule has 0 spiro atoms. The fourth-order valence-corrected chi connectivity index (χ4v) is 3.42. The van der Waals surface area contributed by atoms with Crippen LogP contribution in [0.25, 0.3) is 0 Å². The van der Waals surface area contributed by atoms with Gasteiger partial charge in [-0.05, 0) is 55.4 Å². The molecule has 0 saturated heterocycles. The van der Waals surface area contributed by atoms with Crippen molar-refractivity contribution >= 4 is 40.5 Å². The number of thiocarbonyl (C=S) groups is 1. The number of hydrogen-bond donors (Lipinski definition) is 2. The van der Waals surface area contributed by atoms with Crippen LogP contribution in [0, 0.1) is 6.92 Å². The van der Waals surface area contributed by atoms with E-state index in [4.69, 9.17) is 23.8 Å². The topological polar surface area (TPSA) is 44.4 Å². The molecule has 3 rings (SSSR count). The lowest BCUT2D eigenvalue weighted by atomic mass is 9.94. The van der Waals surface area contributed by atoms with Crippen LogP contribution in [0.5, 0.6) is 0 Å². The number of rotatable bonds is 3. The number of amides is 1. The monoisotopic (exact) mass is 385 g/mol. The molecule has 0 bridgehead atoms. The Labute approximate surface area is 163 Å². The summed E-state index contributed by atoms with van der Waals surface area (Å²) in [5, 5.41) is 7.46. The second kappa shape index (κ2) is 7.48. The van der Waals surface area contributed by atoms with Gasteiger partial charge in [-0.2, -0.15) is 0 Å². The molecule has 1 aliphatic heterocycles. The molecule has 26 heavy (non-hydrogen) atoms. The molecule has 0 fully saturated rings. The first-order chi connectivity index (χ1) is 12.4. The van der Waals surface area contributed by atoms with E-state index < -0.39 is 0 Å². The average Bonchev–Trinajstić information content (AvgIpc) is 2.61. The molecule has 4 nitrogen and oxygen atoms in total. The van der Waals surface area contributed by atoms with E-state index >= 15 is 0 Å². The Kier molecular flexibility index (Phi) is 5.30. The third-order valence-electron chi connectivity index (χ3n) is 4.57. The van der Waals surface area contributed by atoms with Crippen LogP contribution in [0.4, 0.5) is 5.69 Å². The maximum atomic E-state index is 13.1. The molecule has 2 aromatic carbocycles. The Hall–Kier alpha value is -2.37. The Morgan fingerprint density at radius 1 is 1.19 bits per heavy atom. The number of allylic oxidation sites excluding steroid dienone is 1. The molecular formula is C20H20ClN3OS. The summed E-state index contributed by atoms with van der Waals surface area (Å²) in [7, 11) is 1.85. The quantitative estimate of drug-likeness (QED) is 0.767. The van der Waals surface area contributed by atoms with Crippen molar-refractivity contribution in [2.75, 3.05) is 12.4 Å². The molecule has 0 saturated carbocycles. The van der Waals surface area contributed by atoms with Crippen LogP contribution >= 0.6 is 23.8 Å². The first kappa shape index (κ1) is 18.4. The van der Waals surface area contributed by atoms with Crippen LogP contribution < -0.4 is 10.6 Å². The minimum atomic E-state index is -0.360. The van der Waals surface area contributed by atoms with Crippen LogP contribution in [-0.2, 0) is 4.79 Å². The summed E-state index contributed by atoms with van der Waals surface area (Å²) in [5.41, 5.74) is 4.11. The number of halogens is 1. The normalized spacial score (nSPS) is 17.2. The number of carbonyl (C=O) groups excluding carboxylic acids is 1. The third kappa shape index (κ3) is 3.59. The van der Waals surface area contributed by atoms with Gasteiger partial charge in [-0.25, -0.2) is 0 Å². The summed E-state index contributed by atoms with van der Waals surface area (Å²) in [5.74, 6) is -0.163. The van der Waals surface area contributed by atoms with Crippen LogP contribution in [-0.4, -0.2) is 23.0 Å². The van der Waals surface area contributed by atoms with E-state index in [0.29, 0.717) is 15.7 Å². The highest BCUT2D eigenvalue weighted by atomic mass is 35.5. The van der Waals surface area contributed by atoms with E-state index in [-0.39, 0.29) is 11.9 Å². The fourth-order valence-electron chi connectivity index (χ4n) is 2.97. The van der Waals surface area contributed by atoms with Crippen molar-refractivity contribution in [3.05, 3.63) is 76.0 Å². The Balaban J connectivity index is 2.02. The number of nitrogens with zero attached hydrogens (tertiary/aromatic N) is 1. The molecule has 0 aromatic heterocycles. The van der Waals surface area contributed by atoms with Gasteiger partial charge in [-0.1, -0.05) is 41.9 Å². The van der Waals surface area contributed by atoms with Crippen LogP contribution in [0.15, 0.2) is 59.8 Å². The number of carbonyl (C=O) groups is 1. The van der Waals surface area contributed by atoms with Crippen LogP contribution in [0.2, 0.25) is 5.02 Å². The predicted octanol–water partition coefficient (Wildman–Crippen LogP) is 4.42. The lowest BCUT2D eigenvalue weighted by Gasteiger charge is -2.36. The Bertz CT molecular complexity index is 909. The van der Waals surface area contributed by atoms with Gasteiger partial charge in [0.05, 0.1) is 11.6 Å². The number of hydrogen-bond acceptors (Lipinski definition) is 2. The zero-order valence-corrected chi connectivity index (χ0v) is 16.4.